The molecule has 0 saturated carbocycles. The van der Waals surface area contributed by atoms with Crippen LogP contribution in [0.25, 0.3) is 11.0 Å². The zero-order valence-electron chi connectivity index (χ0n) is 13.3. The highest BCUT2D eigenvalue weighted by Gasteiger charge is 2.11. The Bertz CT molecular complexity index is 1080. The van der Waals surface area contributed by atoms with E-state index in [2.05, 4.69) is 20.0 Å². The highest BCUT2D eigenvalue weighted by Crippen LogP contribution is 2.20. The fourth-order valence-electron chi connectivity index (χ4n) is 2.30. The van der Waals surface area contributed by atoms with Gasteiger partial charge in [-0.25, -0.2) is 17.9 Å². The van der Waals surface area contributed by atoms with E-state index in [1.54, 1.807) is 30.3 Å². The van der Waals surface area contributed by atoms with Crippen molar-refractivity contribution >= 4 is 44.0 Å². The molecule has 0 saturated heterocycles. The van der Waals surface area contributed by atoms with Crippen LogP contribution >= 0.6 is 11.3 Å². The second kappa shape index (κ2) is 6.82. The number of carbonyl (C=O) groups is 1. The van der Waals surface area contributed by atoms with Gasteiger partial charge in [0.1, 0.15) is 0 Å². The lowest BCUT2D eigenvalue weighted by Crippen LogP contribution is -2.24. The zero-order chi connectivity index (χ0) is 18.0. The monoisotopic (exact) mass is 380 g/mol. The van der Waals surface area contributed by atoms with Crippen LogP contribution in [0.2, 0.25) is 0 Å². The molecule has 10 heteroatoms. The van der Waals surface area contributed by atoms with Crippen molar-refractivity contribution in [2.45, 2.75) is 6.42 Å². The number of carbonyl (C=O) groups excluding carboxylic acids is 1. The van der Waals surface area contributed by atoms with Gasteiger partial charge in [0, 0.05) is 17.1 Å². The van der Waals surface area contributed by atoms with Gasteiger partial charge in [-0.05, 0) is 36.8 Å². The summed E-state index contributed by atoms with van der Waals surface area (Å²) in [5, 5.41) is 2.78. The largest absolute Gasteiger partial charge is 0.323 e. The molecule has 0 aliphatic heterocycles. The topological polar surface area (TPSA) is 124 Å². The number of thiophene rings is 1. The van der Waals surface area contributed by atoms with Gasteiger partial charge in [0.25, 0.3) is 5.91 Å². The Labute approximate surface area is 147 Å². The van der Waals surface area contributed by atoms with Crippen LogP contribution in [0, 0.1) is 0 Å². The summed E-state index contributed by atoms with van der Waals surface area (Å²) in [5.74, 6) is -0.260. The van der Waals surface area contributed by atoms with Gasteiger partial charge in [-0.15, -0.1) is 11.3 Å². The molecule has 2 heterocycles. The first kappa shape index (κ1) is 17.4. The Morgan fingerprint density at radius 2 is 1.92 bits per heavy atom. The van der Waals surface area contributed by atoms with Crippen LogP contribution in [0.15, 0.2) is 35.1 Å². The first-order valence-electron chi connectivity index (χ1n) is 7.37. The second-order valence-corrected chi connectivity index (χ2v) is 8.48. The number of aromatic nitrogens is 2. The van der Waals surface area contributed by atoms with Gasteiger partial charge < -0.3 is 15.3 Å². The van der Waals surface area contributed by atoms with Gasteiger partial charge in [-0.1, -0.05) is 0 Å². The highest BCUT2D eigenvalue weighted by molar-refractivity contribution is 7.88. The first-order valence-corrected chi connectivity index (χ1v) is 10.1. The fourth-order valence-corrected chi connectivity index (χ4v) is 3.67. The molecule has 132 valence electrons. The van der Waals surface area contributed by atoms with Crippen molar-refractivity contribution in [3.63, 3.8) is 0 Å². The van der Waals surface area contributed by atoms with E-state index in [0.717, 1.165) is 11.1 Å². The van der Waals surface area contributed by atoms with E-state index < -0.39 is 10.0 Å². The molecule has 0 fully saturated rings. The average molecular weight is 380 g/mol. The van der Waals surface area contributed by atoms with E-state index in [4.69, 9.17) is 0 Å². The molecular formula is C15H16N4O4S2. The summed E-state index contributed by atoms with van der Waals surface area (Å²) >= 11 is 1.31. The van der Waals surface area contributed by atoms with Crippen LogP contribution < -0.4 is 15.7 Å². The number of rotatable bonds is 6. The standard InChI is InChI=1S/C15H16N4O4S2/c1-25(22,23)16-7-6-10-3-5-13(24-10)14(20)17-9-2-4-11-12(8-9)19-15(21)18-11/h2-5,8,16H,6-7H2,1H3,(H,17,20)(H2,18,19,21). The number of H-pyrrole nitrogens is 2. The maximum atomic E-state index is 12.3. The minimum atomic E-state index is -3.21. The van der Waals surface area contributed by atoms with Crippen LogP contribution in [0.1, 0.15) is 14.5 Å². The van der Waals surface area contributed by atoms with Crippen LogP contribution in [-0.2, 0) is 16.4 Å². The van der Waals surface area contributed by atoms with Crippen molar-refractivity contribution in [2.75, 3.05) is 18.1 Å². The number of hydrogen-bond donors (Lipinski definition) is 4. The summed E-state index contributed by atoms with van der Waals surface area (Å²) in [7, 11) is -3.21. The van der Waals surface area contributed by atoms with Crippen molar-refractivity contribution < 1.29 is 13.2 Å². The van der Waals surface area contributed by atoms with Gasteiger partial charge in [0.2, 0.25) is 10.0 Å². The third kappa shape index (κ3) is 4.56. The van der Waals surface area contributed by atoms with E-state index in [1.807, 2.05) is 0 Å². The van der Waals surface area contributed by atoms with Gasteiger partial charge in [-0.3, -0.25) is 4.79 Å². The first-order chi connectivity index (χ1) is 11.8. The van der Waals surface area contributed by atoms with Crippen LogP contribution in [0.5, 0.6) is 0 Å². The van der Waals surface area contributed by atoms with E-state index in [9.17, 15) is 18.0 Å². The average Bonchev–Trinajstić information content (AvgIpc) is 3.11. The number of anilines is 1. The highest BCUT2D eigenvalue weighted by atomic mass is 32.2. The summed E-state index contributed by atoms with van der Waals surface area (Å²) in [6.45, 7) is 0.290. The number of nitrogens with one attached hydrogen (secondary N) is 4. The molecule has 0 aliphatic carbocycles. The van der Waals surface area contributed by atoms with Gasteiger partial charge >= 0.3 is 5.69 Å². The molecule has 3 rings (SSSR count). The predicted octanol–water partition coefficient (Wildman–Crippen LogP) is 1.26. The van der Waals surface area contributed by atoms with Gasteiger partial charge in [0.15, 0.2) is 0 Å². The number of benzene rings is 1. The number of sulfonamides is 1. The summed E-state index contributed by atoms with van der Waals surface area (Å²) in [5.41, 5.74) is 1.55. The molecule has 0 aliphatic rings. The molecule has 0 atom stereocenters. The van der Waals surface area contributed by atoms with Gasteiger partial charge in [0.05, 0.1) is 22.2 Å². The van der Waals surface area contributed by atoms with E-state index in [1.165, 1.54) is 11.3 Å². The molecular weight excluding hydrogens is 364 g/mol. The number of hydrogen-bond acceptors (Lipinski definition) is 5. The van der Waals surface area contributed by atoms with Crippen molar-refractivity contribution in [2.24, 2.45) is 0 Å². The van der Waals surface area contributed by atoms with Crippen LogP contribution in [-0.4, -0.2) is 37.1 Å². The maximum absolute atomic E-state index is 12.3. The molecule has 0 bridgehead atoms. The third-order valence-corrected chi connectivity index (χ3v) is 5.27. The lowest BCUT2D eigenvalue weighted by atomic mass is 10.2. The SMILES string of the molecule is CS(=O)(=O)NCCc1ccc(C(=O)Nc2ccc3[nH]c(=O)[nH]c3c2)s1. The second-order valence-electron chi connectivity index (χ2n) is 5.48. The lowest BCUT2D eigenvalue weighted by molar-refractivity contribution is 0.103. The number of amides is 1. The van der Waals surface area contributed by atoms with Crippen LogP contribution in [0.3, 0.4) is 0 Å². The van der Waals surface area contributed by atoms with Crippen molar-refractivity contribution in [3.8, 4) is 0 Å². The normalized spacial score (nSPS) is 11.7. The molecule has 4 N–H and O–H groups in total. The Kier molecular flexibility index (Phi) is 4.75. The smallest absolute Gasteiger partial charge is 0.321 e. The predicted molar refractivity (Wildman–Crippen MR) is 97.7 cm³/mol. The number of fused-ring (bicyclic) bond motifs is 1. The molecule has 0 radical (unpaired) electrons. The summed E-state index contributed by atoms with van der Waals surface area (Å²) in [6.07, 6.45) is 1.62. The third-order valence-electron chi connectivity index (χ3n) is 3.39. The summed E-state index contributed by atoms with van der Waals surface area (Å²) in [6, 6.07) is 8.59. The Morgan fingerprint density at radius 3 is 2.68 bits per heavy atom. The molecule has 3 aromatic rings. The number of aromatic amines is 2. The van der Waals surface area contributed by atoms with Gasteiger partial charge in [-0.2, -0.15) is 0 Å². The van der Waals surface area contributed by atoms with Crippen molar-refractivity contribution in [1.82, 2.24) is 14.7 Å². The summed E-state index contributed by atoms with van der Waals surface area (Å²) < 4.78 is 24.5. The Balaban J connectivity index is 1.65. The zero-order valence-corrected chi connectivity index (χ0v) is 14.9. The summed E-state index contributed by atoms with van der Waals surface area (Å²) in [4.78, 5) is 30.3. The minimum Gasteiger partial charge on any atom is -0.321 e. The lowest BCUT2D eigenvalue weighted by Gasteiger charge is -2.03. The van der Waals surface area contributed by atoms with E-state index >= 15 is 0 Å². The van der Waals surface area contributed by atoms with Crippen molar-refractivity contribution in [1.29, 1.82) is 0 Å². The number of imidazole rings is 1. The molecule has 8 nitrogen and oxygen atoms in total. The van der Waals surface area contributed by atoms with E-state index in [0.29, 0.717) is 28.0 Å². The molecule has 1 amide bonds. The Hall–Kier alpha value is -2.43. The quantitative estimate of drug-likeness (QED) is 0.514. The Morgan fingerprint density at radius 1 is 1.16 bits per heavy atom. The molecule has 0 unspecified atom stereocenters. The minimum absolute atomic E-state index is 0.260. The van der Waals surface area contributed by atoms with E-state index in [-0.39, 0.29) is 18.1 Å². The molecule has 0 spiro atoms. The van der Waals surface area contributed by atoms with Crippen LogP contribution in [0.4, 0.5) is 5.69 Å². The molecule has 25 heavy (non-hydrogen) atoms. The van der Waals surface area contributed by atoms with Crippen molar-refractivity contribution in [3.05, 3.63) is 50.6 Å². The fraction of sp³-hybridized carbons (Fsp3) is 0.200. The molecule has 2 aromatic heterocycles. The maximum Gasteiger partial charge on any atom is 0.323 e. The molecule has 1 aromatic carbocycles.